The van der Waals surface area contributed by atoms with Gasteiger partial charge in [-0.05, 0) is 60.0 Å². The average molecular weight is 369 g/mol. The topological polar surface area (TPSA) is 50.4 Å². The van der Waals surface area contributed by atoms with Crippen molar-refractivity contribution < 1.29 is 9.53 Å². The van der Waals surface area contributed by atoms with E-state index < -0.39 is 0 Å². The van der Waals surface area contributed by atoms with Crippen LogP contribution < -0.4 is 15.4 Å². The number of benzene rings is 2. The molecule has 1 amide bonds. The molecule has 0 aliphatic rings. The zero-order chi connectivity index (χ0) is 18.9. The van der Waals surface area contributed by atoms with E-state index in [4.69, 9.17) is 17.0 Å². The van der Waals surface area contributed by atoms with Gasteiger partial charge in [0.2, 0.25) is 5.91 Å². The lowest BCUT2D eigenvalue weighted by Crippen LogP contribution is -2.33. The molecule has 2 aromatic carbocycles. The first-order chi connectivity index (χ1) is 12.5. The number of amides is 1. The highest BCUT2D eigenvalue weighted by Gasteiger charge is 2.10. The third kappa shape index (κ3) is 5.70. The molecule has 26 heavy (non-hydrogen) atoms. The number of carbonyl (C=O) groups is 1. The molecule has 2 rings (SSSR count). The Bertz CT molecular complexity index is 785. The fourth-order valence-electron chi connectivity index (χ4n) is 2.45. The SMILES string of the molecule is CC[C@H](C)c1ccccc1NC(=S)NC(=O)/C=C/c1ccc(OC)cc1. The third-order valence-corrected chi connectivity index (χ3v) is 4.34. The van der Waals surface area contributed by atoms with Gasteiger partial charge >= 0.3 is 0 Å². The second kappa shape index (κ2) is 9.73. The molecular weight excluding hydrogens is 344 g/mol. The van der Waals surface area contributed by atoms with Crippen molar-refractivity contribution >= 4 is 35.0 Å². The van der Waals surface area contributed by atoms with Gasteiger partial charge in [-0.1, -0.05) is 44.2 Å². The Kier molecular flexibility index (Phi) is 7.36. The van der Waals surface area contributed by atoms with Gasteiger partial charge in [0.1, 0.15) is 5.75 Å². The van der Waals surface area contributed by atoms with Crippen LogP contribution in [0, 0.1) is 0 Å². The standard InChI is InChI=1S/C21H24N2O2S/c1-4-15(2)18-7-5-6-8-19(18)22-21(26)23-20(24)14-11-16-9-12-17(25-3)13-10-16/h5-15H,4H2,1-3H3,(H2,22,23,24,26)/b14-11+/t15-/m0/s1. The Morgan fingerprint density at radius 3 is 2.54 bits per heavy atom. The Morgan fingerprint density at radius 1 is 1.19 bits per heavy atom. The summed E-state index contributed by atoms with van der Waals surface area (Å²) in [5, 5.41) is 6.08. The Balaban J connectivity index is 1.95. The highest BCUT2D eigenvalue weighted by Crippen LogP contribution is 2.26. The van der Waals surface area contributed by atoms with Gasteiger partial charge in [-0.15, -0.1) is 0 Å². The number of rotatable bonds is 6. The molecule has 0 fully saturated rings. The van der Waals surface area contributed by atoms with Crippen LogP contribution in [0.3, 0.4) is 0 Å². The first kappa shape index (κ1) is 19.7. The van der Waals surface area contributed by atoms with Gasteiger partial charge in [0.25, 0.3) is 0 Å². The van der Waals surface area contributed by atoms with Crippen LogP contribution in [0.1, 0.15) is 37.3 Å². The minimum absolute atomic E-state index is 0.278. The van der Waals surface area contributed by atoms with E-state index in [0.717, 1.165) is 23.4 Å². The molecule has 136 valence electrons. The average Bonchev–Trinajstić information content (AvgIpc) is 2.66. The van der Waals surface area contributed by atoms with Crippen LogP contribution in [0.15, 0.2) is 54.6 Å². The highest BCUT2D eigenvalue weighted by molar-refractivity contribution is 7.80. The zero-order valence-corrected chi connectivity index (χ0v) is 16.1. The quantitative estimate of drug-likeness (QED) is 0.571. The minimum Gasteiger partial charge on any atom is -0.497 e. The maximum Gasteiger partial charge on any atom is 0.250 e. The van der Waals surface area contributed by atoms with Crippen molar-refractivity contribution in [1.82, 2.24) is 5.32 Å². The van der Waals surface area contributed by atoms with Gasteiger partial charge in [0, 0.05) is 11.8 Å². The predicted molar refractivity (Wildman–Crippen MR) is 112 cm³/mol. The number of ether oxygens (including phenoxy) is 1. The van der Waals surface area contributed by atoms with Crippen LogP contribution in [-0.4, -0.2) is 18.1 Å². The van der Waals surface area contributed by atoms with Crippen molar-refractivity contribution in [3.05, 3.63) is 65.7 Å². The molecule has 0 saturated heterocycles. The number of methoxy groups -OCH3 is 1. The van der Waals surface area contributed by atoms with Gasteiger partial charge < -0.3 is 10.1 Å². The first-order valence-electron chi connectivity index (χ1n) is 8.56. The van der Waals surface area contributed by atoms with Crippen LogP contribution in [0.5, 0.6) is 5.75 Å². The van der Waals surface area contributed by atoms with E-state index in [0.29, 0.717) is 5.92 Å². The van der Waals surface area contributed by atoms with Crippen molar-refractivity contribution in [3.63, 3.8) is 0 Å². The molecule has 0 heterocycles. The lowest BCUT2D eigenvalue weighted by Gasteiger charge is -2.16. The van der Waals surface area contributed by atoms with Gasteiger partial charge in [0.05, 0.1) is 7.11 Å². The smallest absolute Gasteiger partial charge is 0.250 e. The first-order valence-corrected chi connectivity index (χ1v) is 8.97. The van der Waals surface area contributed by atoms with E-state index in [-0.39, 0.29) is 11.0 Å². The van der Waals surface area contributed by atoms with Crippen molar-refractivity contribution in [2.24, 2.45) is 0 Å². The summed E-state index contributed by atoms with van der Waals surface area (Å²) in [6, 6.07) is 15.4. The second-order valence-electron chi connectivity index (χ2n) is 5.95. The number of anilines is 1. The van der Waals surface area contributed by atoms with Gasteiger partial charge in [-0.25, -0.2) is 0 Å². The van der Waals surface area contributed by atoms with Gasteiger partial charge in [-0.2, -0.15) is 0 Å². The number of carbonyl (C=O) groups excluding carboxylic acids is 1. The summed E-state index contributed by atoms with van der Waals surface area (Å²) in [6.45, 7) is 4.31. The van der Waals surface area contributed by atoms with Gasteiger partial charge in [0.15, 0.2) is 5.11 Å². The van der Waals surface area contributed by atoms with E-state index >= 15 is 0 Å². The molecule has 0 aliphatic heterocycles. The lowest BCUT2D eigenvalue weighted by atomic mass is 9.97. The fraction of sp³-hybridized carbons (Fsp3) is 0.238. The third-order valence-electron chi connectivity index (χ3n) is 4.13. The zero-order valence-electron chi connectivity index (χ0n) is 15.3. The molecule has 4 nitrogen and oxygen atoms in total. The number of thiocarbonyl (C=S) groups is 1. The summed E-state index contributed by atoms with van der Waals surface area (Å²) in [6.07, 6.45) is 4.21. The molecule has 2 N–H and O–H groups in total. The van der Waals surface area contributed by atoms with Crippen molar-refractivity contribution in [1.29, 1.82) is 0 Å². The van der Waals surface area contributed by atoms with E-state index in [1.807, 2.05) is 42.5 Å². The molecule has 0 bridgehead atoms. The van der Waals surface area contributed by atoms with E-state index in [2.05, 4.69) is 30.5 Å². The summed E-state index contributed by atoms with van der Waals surface area (Å²) >= 11 is 5.26. The largest absolute Gasteiger partial charge is 0.497 e. The van der Waals surface area contributed by atoms with E-state index in [1.165, 1.54) is 11.6 Å². The molecule has 0 aliphatic carbocycles. The van der Waals surface area contributed by atoms with E-state index in [1.54, 1.807) is 13.2 Å². The lowest BCUT2D eigenvalue weighted by molar-refractivity contribution is -0.115. The maximum absolute atomic E-state index is 12.1. The summed E-state index contributed by atoms with van der Waals surface area (Å²) in [7, 11) is 1.62. The highest BCUT2D eigenvalue weighted by atomic mass is 32.1. The molecule has 5 heteroatoms. The monoisotopic (exact) mass is 368 g/mol. The number of hydrogen-bond acceptors (Lipinski definition) is 3. The van der Waals surface area contributed by atoms with Crippen LogP contribution in [0.2, 0.25) is 0 Å². The Labute approximate surface area is 160 Å². The number of nitrogens with one attached hydrogen (secondary N) is 2. The minimum atomic E-state index is -0.278. The molecule has 0 unspecified atom stereocenters. The van der Waals surface area contributed by atoms with Crippen LogP contribution in [-0.2, 0) is 4.79 Å². The van der Waals surface area contributed by atoms with Crippen molar-refractivity contribution in [2.45, 2.75) is 26.2 Å². The molecule has 0 aromatic heterocycles. The molecule has 1 atom stereocenters. The van der Waals surface area contributed by atoms with Crippen LogP contribution in [0.25, 0.3) is 6.08 Å². The predicted octanol–water partition coefficient (Wildman–Crippen LogP) is 4.74. The summed E-state index contributed by atoms with van der Waals surface area (Å²) < 4.78 is 5.11. The molecular formula is C21H24N2O2S. The number of para-hydroxylation sites is 1. The van der Waals surface area contributed by atoms with Gasteiger partial charge in [-0.3, -0.25) is 10.1 Å². The van der Waals surface area contributed by atoms with Crippen molar-refractivity contribution in [2.75, 3.05) is 12.4 Å². The summed E-state index contributed by atoms with van der Waals surface area (Å²) in [5.41, 5.74) is 3.01. The maximum atomic E-state index is 12.1. The number of hydrogen-bond donors (Lipinski definition) is 2. The second-order valence-corrected chi connectivity index (χ2v) is 6.35. The molecule has 0 spiro atoms. The van der Waals surface area contributed by atoms with Crippen LogP contribution in [0.4, 0.5) is 5.69 Å². The van der Waals surface area contributed by atoms with Crippen LogP contribution >= 0.6 is 12.2 Å². The summed E-state index contributed by atoms with van der Waals surface area (Å²) in [4.78, 5) is 12.1. The summed E-state index contributed by atoms with van der Waals surface area (Å²) in [5.74, 6) is 0.906. The molecule has 2 aromatic rings. The Morgan fingerprint density at radius 2 is 1.88 bits per heavy atom. The Hall–Kier alpha value is -2.66. The fourth-order valence-corrected chi connectivity index (χ4v) is 2.67. The molecule has 0 radical (unpaired) electrons. The molecule has 0 saturated carbocycles. The normalized spacial score (nSPS) is 11.8. The van der Waals surface area contributed by atoms with Crippen molar-refractivity contribution in [3.8, 4) is 5.75 Å². The van der Waals surface area contributed by atoms with E-state index in [9.17, 15) is 4.79 Å².